The van der Waals surface area contributed by atoms with E-state index >= 15 is 0 Å². The first-order valence-corrected chi connectivity index (χ1v) is 7.98. The first-order chi connectivity index (χ1) is 8.94. The zero-order chi connectivity index (χ0) is 13.9. The van der Waals surface area contributed by atoms with E-state index in [0.717, 1.165) is 26.0 Å². The smallest absolute Gasteiger partial charge is 0.0641 e. The van der Waals surface area contributed by atoms with Crippen LogP contribution in [0, 0.1) is 0 Å². The molecule has 0 amide bonds. The average molecular weight is 268 g/mol. The number of nitrogens with one attached hydrogen (secondary N) is 1. The molecule has 0 aromatic rings. The molecule has 1 aliphatic heterocycles. The van der Waals surface area contributed by atoms with Gasteiger partial charge in [0, 0.05) is 24.7 Å². The van der Waals surface area contributed by atoms with Crippen molar-refractivity contribution in [1.82, 2.24) is 10.2 Å². The van der Waals surface area contributed by atoms with Crippen LogP contribution in [0.3, 0.4) is 0 Å². The highest BCUT2D eigenvalue weighted by atomic mass is 16.5. The Morgan fingerprint density at radius 1 is 1.16 bits per heavy atom. The summed E-state index contributed by atoms with van der Waals surface area (Å²) in [5.74, 6) is 0. The zero-order valence-corrected chi connectivity index (χ0v) is 13.3. The summed E-state index contributed by atoms with van der Waals surface area (Å²) in [7, 11) is 4.50. The van der Waals surface area contributed by atoms with Gasteiger partial charge in [-0.05, 0) is 53.6 Å². The predicted octanol–water partition coefficient (Wildman–Crippen LogP) is 2.80. The molecular formula is C16H32N2O. The maximum absolute atomic E-state index is 5.81. The molecule has 0 bridgehead atoms. The molecule has 0 aromatic heterocycles. The number of ether oxygens (including phenoxy) is 1. The topological polar surface area (TPSA) is 24.5 Å². The highest BCUT2D eigenvalue weighted by molar-refractivity contribution is 4.94. The second-order valence-electron chi connectivity index (χ2n) is 7.36. The molecule has 1 saturated carbocycles. The van der Waals surface area contributed by atoms with Crippen molar-refractivity contribution in [1.29, 1.82) is 0 Å². The van der Waals surface area contributed by atoms with E-state index in [9.17, 15) is 0 Å². The molecule has 2 rings (SSSR count). The third kappa shape index (κ3) is 3.93. The minimum atomic E-state index is 0.0494. The number of rotatable bonds is 4. The molecule has 1 saturated heterocycles. The Morgan fingerprint density at radius 2 is 1.84 bits per heavy atom. The summed E-state index contributed by atoms with van der Waals surface area (Å²) in [6.07, 6.45) is 9.18. The van der Waals surface area contributed by atoms with E-state index < -0.39 is 0 Å². The molecular weight excluding hydrogens is 236 g/mol. The van der Waals surface area contributed by atoms with Crippen molar-refractivity contribution in [3.63, 3.8) is 0 Å². The summed E-state index contributed by atoms with van der Waals surface area (Å²) in [6, 6.07) is 0.627. The highest BCUT2D eigenvalue weighted by Crippen LogP contribution is 2.32. The summed E-state index contributed by atoms with van der Waals surface area (Å²) < 4.78 is 5.81. The molecule has 112 valence electrons. The SMILES string of the molecule is CN(C)C1(CNC2CCOC(C)(C)C2)CCCCC1. The quantitative estimate of drug-likeness (QED) is 0.848. The van der Waals surface area contributed by atoms with Gasteiger partial charge in [0.05, 0.1) is 5.60 Å². The maximum atomic E-state index is 5.81. The lowest BCUT2D eigenvalue weighted by Crippen LogP contribution is -2.56. The van der Waals surface area contributed by atoms with Gasteiger partial charge in [0.1, 0.15) is 0 Å². The van der Waals surface area contributed by atoms with Crippen molar-refractivity contribution < 1.29 is 4.74 Å². The molecule has 1 unspecified atom stereocenters. The van der Waals surface area contributed by atoms with Crippen LogP contribution in [0.5, 0.6) is 0 Å². The van der Waals surface area contributed by atoms with Crippen molar-refractivity contribution in [2.24, 2.45) is 0 Å². The van der Waals surface area contributed by atoms with Crippen LogP contribution < -0.4 is 5.32 Å². The molecule has 3 nitrogen and oxygen atoms in total. The van der Waals surface area contributed by atoms with Crippen LogP contribution in [0.4, 0.5) is 0 Å². The fourth-order valence-electron chi connectivity index (χ4n) is 3.73. The molecule has 0 spiro atoms. The summed E-state index contributed by atoms with van der Waals surface area (Å²) >= 11 is 0. The Kier molecular flexibility index (Phi) is 4.91. The van der Waals surface area contributed by atoms with Gasteiger partial charge < -0.3 is 15.0 Å². The fourth-order valence-corrected chi connectivity index (χ4v) is 3.73. The number of hydrogen-bond donors (Lipinski definition) is 1. The minimum Gasteiger partial charge on any atom is -0.375 e. The van der Waals surface area contributed by atoms with Crippen LogP contribution in [-0.2, 0) is 4.74 Å². The predicted molar refractivity (Wildman–Crippen MR) is 80.6 cm³/mol. The first-order valence-electron chi connectivity index (χ1n) is 7.98. The van der Waals surface area contributed by atoms with Crippen LogP contribution >= 0.6 is 0 Å². The molecule has 1 aliphatic carbocycles. The lowest BCUT2D eigenvalue weighted by Gasteiger charge is -2.45. The van der Waals surface area contributed by atoms with E-state index in [1.54, 1.807) is 0 Å². The minimum absolute atomic E-state index is 0.0494. The van der Waals surface area contributed by atoms with Gasteiger partial charge in [-0.15, -0.1) is 0 Å². The summed E-state index contributed by atoms with van der Waals surface area (Å²) in [6.45, 7) is 6.46. The monoisotopic (exact) mass is 268 g/mol. The molecule has 0 aromatic carbocycles. The summed E-state index contributed by atoms with van der Waals surface area (Å²) in [5, 5.41) is 3.85. The summed E-state index contributed by atoms with van der Waals surface area (Å²) in [5.41, 5.74) is 0.439. The molecule has 2 fully saturated rings. The van der Waals surface area contributed by atoms with E-state index in [2.05, 4.69) is 38.2 Å². The van der Waals surface area contributed by atoms with Crippen LogP contribution in [0.2, 0.25) is 0 Å². The van der Waals surface area contributed by atoms with Gasteiger partial charge in [-0.3, -0.25) is 0 Å². The van der Waals surface area contributed by atoms with Crippen molar-refractivity contribution >= 4 is 0 Å². The number of hydrogen-bond acceptors (Lipinski definition) is 3. The van der Waals surface area contributed by atoms with Crippen molar-refractivity contribution in [3.05, 3.63) is 0 Å². The van der Waals surface area contributed by atoms with E-state index in [0.29, 0.717) is 11.6 Å². The van der Waals surface area contributed by atoms with Gasteiger partial charge in [0.15, 0.2) is 0 Å². The van der Waals surface area contributed by atoms with Gasteiger partial charge in [-0.2, -0.15) is 0 Å². The third-order valence-electron chi connectivity index (χ3n) is 5.15. The van der Waals surface area contributed by atoms with E-state index in [-0.39, 0.29) is 5.60 Å². The van der Waals surface area contributed by atoms with Crippen LogP contribution in [-0.4, -0.2) is 49.3 Å². The molecule has 1 N–H and O–H groups in total. The number of nitrogens with zero attached hydrogens (tertiary/aromatic N) is 1. The number of likely N-dealkylation sites (N-methyl/N-ethyl adjacent to an activating group) is 1. The molecule has 1 atom stereocenters. The Hall–Kier alpha value is -0.120. The van der Waals surface area contributed by atoms with Crippen molar-refractivity contribution in [2.75, 3.05) is 27.2 Å². The van der Waals surface area contributed by atoms with Gasteiger partial charge in [0.25, 0.3) is 0 Å². The largest absolute Gasteiger partial charge is 0.375 e. The van der Waals surface area contributed by atoms with Crippen LogP contribution in [0.1, 0.15) is 58.8 Å². The van der Waals surface area contributed by atoms with Crippen LogP contribution in [0.25, 0.3) is 0 Å². The van der Waals surface area contributed by atoms with E-state index in [4.69, 9.17) is 4.74 Å². The van der Waals surface area contributed by atoms with E-state index in [1.807, 2.05) is 0 Å². The molecule has 3 heteroatoms. The van der Waals surface area contributed by atoms with Crippen molar-refractivity contribution in [2.45, 2.75) is 76.0 Å². The Labute approximate surface area is 119 Å². The highest BCUT2D eigenvalue weighted by Gasteiger charge is 2.36. The third-order valence-corrected chi connectivity index (χ3v) is 5.15. The first kappa shape index (κ1) is 15.3. The molecule has 0 radical (unpaired) electrons. The van der Waals surface area contributed by atoms with Gasteiger partial charge in [0.2, 0.25) is 0 Å². The molecule has 2 aliphatic rings. The second-order valence-corrected chi connectivity index (χ2v) is 7.36. The standard InChI is InChI=1S/C16H32N2O/c1-15(2)12-14(8-11-19-15)17-13-16(18(3)4)9-6-5-7-10-16/h14,17H,5-13H2,1-4H3. The van der Waals surface area contributed by atoms with E-state index in [1.165, 1.54) is 32.1 Å². The van der Waals surface area contributed by atoms with Gasteiger partial charge >= 0.3 is 0 Å². The average Bonchev–Trinajstić information content (AvgIpc) is 2.36. The lowest BCUT2D eigenvalue weighted by atomic mass is 9.80. The van der Waals surface area contributed by atoms with Crippen LogP contribution in [0.15, 0.2) is 0 Å². The molecule has 19 heavy (non-hydrogen) atoms. The summed E-state index contributed by atoms with van der Waals surface area (Å²) in [4.78, 5) is 2.46. The lowest BCUT2D eigenvalue weighted by molar-refractivity contribution is -0.0647. The normalized spacial score (nSPS) is 30.5. The Bertz CT molecular complexity index is 282. The Morgan fingerprint density at radius 3 is 2.42 bits per heavy atom. The zero-order valence-electron chi connectivity index (χ0n) is 13.3. The van der Waals surface area contributed by atoms with Gasteiger partial charge in [-0.1, -0.05) is 19.3 Å². The fraction of sp³-hybridized carbons (Fsp3) is 1.00. The maximum Gasteiger partial charge on any atom is 0.0641 e. The van der Waals surface area contributed by atoms with Crippen molar-refractivity contribution in [3.8, 4) is 0 Å². The molecule has 1 heterocycles. The second kappa shape index (κ2) is 6.11. The Balaban J connectivity index is 1.88. The van der Waals surface area contributed by atoms with Gasteiger partial charge in [-0.25, -0.2) is 0 Å².